The maximum Gasteiger partial charge on any atom is 0.275 e. The first-order valence-electron chi connectivity index (χ1n) is 8.28. The van der Waals surface area contributed by atoms with E-state index in [0.29, 0.717) is 38.3 Å². The van der Waals surface area contributed by atoms with Crippen LogP contribution in [-0.2, 0) is 4.79 Å². The molecule has 2 heterocycles. The van der Waals surface area contributed by atoms with Crippen LogP contribution in [0, 0.1) is 0 Å². The van der Waals surface area contributed by atoms with Crippen LogP contribution in [-0.4, -0.2) is 69.5 Å². The number of carbonyl (C=O) groups is 2. The highest BCUT2D eigenvalue weighted by Gasteiger charge is 2.26. The summed E-state index contributed by atoms with van der Waals surface area (Å²) in [6.07, 6.45) is 0.580. The first-order valence-corrected chi connectivity index (χ1v) is 9.44. The van der Waals surface area contributed by atoms with Gasteiger partial charge in [0.2, 0.25) is 5.91 Å². The zero-order chi connectivity index (χ0) is 16.9. The molecule has 0 spiro atoms. The molecule has 2 aromatic rings. The number of piperazine rings is 1. The lowest BCUT2D eigenvalue weighted by Crippen LogP contribution is -2.50. The molecular weight excluding hydrogens is 324 g/mol. The Morgan fingerprint density at radius 1 is 1.17 bits per heavy atom. The molecule has 24 heavy (non-hydrogen) atoms. The Kier molecular flexibility index (Phi) is 5.40. The highest BCUT2D eigenvalue weighted by atomic mass is 32.2. The van der Waals surface area contributed by atoms with Gasteiger partial charge in [0.15, 0.2) is 5.69 Å². The van der Waals surface area contributed by atoms with Crippen molar-refractivity contribution in [1.82, 2.24) is 20.0 Å². The largest absolute Gasteiger partial charge is 0.339 e. The Labute approximate surface area is 145 Å². The molecule has 0 unspecified atom stereocenters. The van der Waals surface area contributed by atoms with Gasteiger partial charge in [0.05, 0.1) is 5.52 Å². The minimum absolute atomic E-state index is 0.0684. The van der Waals surface area contributed by atoms with Gasteiger partial charge in [-0.2, -0.15) is 16.9 Å². The molecule has 1 aliphatic heterocycles. The second-order valence-corrected chi connectivity index (χ2v) is 7.13. The minimum atomic E-state index is -0.0684. The van der Waals surface area contributed by atoms with Crippen molar-refractivity contribution < 1.29 is 9.59 Å². The molecule has 1 aromatic heterocycles. The lowest BCUT2D eigenvalue weighted by molar-refractivity contribution is -0.132. The molecule has 1 saturated heterocycles. The lowest BCUT2D eigenvalue weighted by atomic mass is 10.2. The van der Waals surface area contributed by atoms with Crippen molar-refractivity contribution in [2.75, 3.05) is 37.7 Å². The third kappa shape index (κ3) is 3.56. The number of thioether (sulfide) groups is 1. The van der Waals surface area contributed by atoms with Crippen molar-refractivity contribution >= 4 is 34.5 Å². The van der Waals surface area contributed by atoms with E-state index in [1.807, 2.05) is 29.2 Å². The average Bonchev–Trinajstić information content (AvgIpc) is 3.05. The van der Waals surface area contributed by atoms with Crippen molar-refractivity contribution in [3.63, 3.8) is 0 Å². The van der Waals surface area contributed by atoms with E-state index >= 15 is 0 Å². The van der Waals surface area contributed by atoms with Gasteiger partial charge in [0.25, 0.3) is 5.91 Å². The van der Waals surface area contributed by atoms with Gasteiger partial charge < -0.3 is 9.80 Å². The van der Waals surface area contributed by atoms with Crippen molar-refractivity contribution in [2.24, 2.45) is 0 Å². The first kappa shape index (κ1) is 16.8. The molecule has 0 aliphatic carbocycles. The van der Waals surface area contributed by atoms with Gasteiger partial charge in [0.1, 0.15) is 0 Å². The van der Waals surface area contributed by atoms with Crippen molar-refractivity contribution in [3.8, 4) is 0 Å². The summed E-state index contributed by atoms with van der Waals surface area (Å²) >= 11 is 1.78. The number of hydrogen-bond acceptors (Lipinski definition) is 4. The number of hydrogen-bond donors (Lipinski definition) is 1. The van der Waals surface area contributed by atoms with E-state index in [4.69, 9.17) is 0 Å². The fourth-order valence-electron chi connectivity index (χ4n) is 2.90. The van der Waals surface area contributed by atoms with E-state index in [1.54, 1.807) is 16.7 Å². The van der Waals surface area contributed by atoms with Gasteiger partial charge in [-0.25, -0.2) is 0 Å². The summed E-state index contributed by atoms with van der Waals surface area (Å²) in [6.45, 7) is 4.42. The highest BCUT2D eigenvalue weighted by Crippen LogP contribution is 2.18. The van der Waals surface area contributed by atoms with E-state index in [2.05, 4.69) is 17.1 Å². The number of carbonyl (C=O) groups excluding carboxylic acids is 2. The second-order valence-electron chi connectivity index (χ2n) is 5.74. The first-order chi connectivity index (χ1) is 11.7. The van der Waals surface area contributed by atoms with E-state index in [9.17, 15) is 9.59 Å². The maximum atomic E-state index is 12.7. The monoisotopic (exact) mass is 346 g/mol. The number of fused-ring (bicyclic) bond motifs is 1. The zero-order valence-corrected chi connectivity index (χ0v) is 14.6. The summed E-state index contributed by atoms with van der Waals surface area (Å²) < 4.78 is 0. The molecule has 7 heteroatoms. The number of H-pyrrole nitrogens is 1. The lowest BCUT2D eigenvalue weighted by Gasteiger charge is -2.34. The van der Waals surface area contributed by atoms with Crippen LogP contribution in [0.15, 0.2) is 24.3 Å². The van der Waals surface area contributed by atoms with Crippen LogP contribution < -0.4 is 0 Å². The van der Waals surface area contributed by atoms with Crippen molar-refractivity contribution in [3.05, 3.63) is 30.0 Å². The number of amides is 2. The molecule has 0 bridgehead atoms. The van der Waals surface area contributed by atoms with E-state index in [-0.39, 0.29) is 11.8 Å². The second kappa shape index (κ2) is 7.70. The fourth-order valence-corrected chi connectivity index (χ4v) is 3.50. The molecule has 1 aromatic carbocycles. The van der Waals surface area contributed by atoms with Crippen LogP contribution in [0.25, 0.3) is 10.9 Å². The zero-order valence-electron chi connectivity index (χ0n) is 13.8. The molecule has 128 valence electrons. The highest BCUT2D eigenvalue weighted by molar-refractivity contribution is 7.99. The summed E-state index contributed by atoms with van der Waals surface area (Å²) in [4.78, 5) is 28.5. The Balaban J connectivity index is 1.58. The van der Waals surface area contributed by atoms with Gasteiger partial charge in [-0.3, -0.25) is 14.7 Å². The number of aromatic amines is 1. The fraction of sp³-hybridized carbons (Fsp3) is 0.471. The smallest absolute Gasteiger partial charge is 0.275 e. The molecule has 1 N–H and O–H groups in total. The van der Waals surface area contributed by atoms with Gasteiger partial charge in [0, 0.05) is 43.7 Å². The summed E-state index contributed by atoms with van der Waals surface area (Å²) in [5.74, 6) is 2.02. The predicted molar refractivity (Wildman–Crippen MR) is 96.2 cm³/mol. The van der Waals surface area contributed by atoms with E-state index in [0.717, 1.165) is 22.4 Å². The molecule has 1 aliphatic rings. The molecular formula is C17H22N4O2S. The Bertz CT molecular complexity index is 722. The SMILES string of the molecule is CCSCCC(=O)N1CCN(C(=O)c2n[nH]c3ccccc23)CC1. The van der Waals surface area contributed by atoms with Crippen LogP contribution in [0.4, 0.5) is 0 Å². The van der Waals surface area contributed by atoms with Gasteiger partial charge in [-0.1, -0.05) is 25.1 Å². The predicted octanol–water partition coefficient (Wildman–Crippen LogP) is 1.99. The third-order valence-corrected chi connectivity index (χ3v) is 5.16. The molecule has 1 fully saturated rings. The van der Waals surface area contributed by atoms with Crippen LogP contribution in [0.5, 0.6) is 0 Å². The van der Waals surface area contributed by atoms with Crippen LogP contribution in [0.1, 0.15) is 23.8 Å². The summed E-state index contributed by atoms with van der Waals surface area (Å²) in [5, 5.41) is 7.92. The average molecular weight is 346 g/mol. The van der Waals surface area contributed by atoms with Crippen LogP contribution in [0.3, 0.4) is 0 Å². The number of aromatic nitrogens is 2. The van der Waals surface area contributed by atoms with Crippen molar-refractivity contribution in [1.29, 1.82) is 0 Å². The topological polar surface area (TPSA) is 69.3 Å². The third-order valence-electron chi connectivity index (χ3n) is 4.26. The minimum Gasteiger partial charge on any atom is -0.339 e. The number of benzene rings is 1. The van der Waals surface area contributed by atoms with Gasteiger partial charge in [-0.05, 0) is 11.8 Å². The summed E-state index contributed by atoms with van der Waals surface area (Å²) in [6, 6.07) is 7.62. The Morgan fingerprint density at radius 2 is 1.88 bits per heavy atom. The molecule has 6 nitrogen and oxygen atoms in total. The number of nitrogens with zero attached hydrogens (tertiary/aromatic N) is 3. The van der Waals surface area contributed by atoms with Crippen LogP contribution >= 0.6 is 11.8 Å². The molecule has 0 atom stereocenters. The number of nitrogens with one attached hydrogen (secondary N) is 1. The van der Waals surface area contributed by atoms with Crippen LogP contribution in [0.2, 0.25) is 0 Å². The molecule has 2 amide bonds. The maximum absolute atomic E-state index is 12.7. The summed E-state index contributed by atoms with van der Waals surface area (Å²) in [7, 11) is 0. The molecule has 0 radical (unpaired) electrons. The molecule has 3 rings (SSSR count). The summed E-state index contributed by atoms with van der Waals surface area (Å²) in [5.41, 5.74) is 1.33. The van der Waals surface area contributed by atoms with E-state index < -0.39 is 0 Å². The normalized spacial score (nSPS) is 15.0. The number of para-hydroxylation sites is 1. The van der Waals surface area contributed by atoms with Gasteiger partial charge in [-0.15, -0.1) is 0 Å². The Hall–Kier alpha value is -2.02. The van der Waals surface area contributed by atoms with Crippen molar-refractivity contribution in [2.45, 2.75) is 13.3 Å². The molecule has 0 saturated carbocycles. The Morgan fingerprint density at radius 3 is 2.62 bits per heavy atom. The quantitative estimate of drug-likeness (QED) is 0.841. The number of rotatable bonds is 5. The standard InChI is InChI=1S/C17H22N4O2S/c1-2-24-12-7-15(22)20-8-10-21(11-9-20)17(23)16-13-5-3-4-6-14(13)18-19-16/h3-6H,2,7-12H2,1H3,(H,18,19). The van der Waals surface area contributed by atoms with E-state index in [1.165, 1.54) is 0 Å². The van der Waals surface area contributed by atoms with Gasteiger partial charge >= 0.3 is 0 Å².